The standard InChI is InChI=1S/C30H27ClF3NO5/c31-25-16-24-23(29(37)38)10-13-39-27(24)17-28(25)40-22-6-4-19(5-7-22)26(36)14-18-8-11-35(12-9-18)21-3-1-2-20(15-21)30(32,33)34/h1-7,15-18,23H,8-14H2,(H,37,38). The molecular weight excluding hydrogens is 547 g/mol. The van der Waals surface area contributed by atoms with Crippen molar-refractivity contribution in [2.75, 3.05) is 24.6 Å². The molecule has 0 saturated carbocycles. The highest BCUT2D eigenvalue weighted by Crippen LogP contribution is 2.42. The van der Waals surface area contributed by atoms with Crippen molar-refractivity contribution < 1.29 is 37.3 Å². The van der Waals surface area contributed by atoms with Crippen molar-refractivity contribution in [2.24, 2.45) is 5.92 Å². The van der Waals surface area contributed by atoms with Gasteiger partial charge in [-0.15, -0.1) is 0 Å². The number of Topliss-reactive ketones (excluding diaryl/α,β-unsaturated/α-hetero) is 1. The molecule has 210 valence electrons. The first-order valence-electron chi connectivity index (χ1n) is 13.0. The number of carboxylic acids is 1. The number of ether oxygens (including phenoxy) is 2. The number of carbonyl (C=O) groups is 2. The first-order valence-corrected chi connectivity index (χ1v) is 13.4. The molecule has 1 N–H and O–H groups in total. The van der Waals surface area contributed by atoms with E-state index in [-0.39, 0.29) is 23.3 Å². The first kappa shape index (κ1) is 27.8. The normalized spacial score (nSPS) is 17.6. The van der Waals surface area contributed by atoms with Gasteiger partial charge in [0.15, 0.2) is 5.78 Å². The predicted molar refractivity (Wildman–Crippen MR) is 144 cm³/mol. The summed E-state index contributed by atoms with van der Waals surface area (Å²) in [6.07, 6.45) is -2.23. The summed E-state index contributed by atoms with van der Waals surface area (Å²) < 4.78 is 50.7. The van der Waals surface area contributed by atoms with E-state index >= 15 is 0 Å². The highest BCUT2D eigenvalue weighted by atomic mass is 35.5. The van der Waals surface area contributed by atoms with E-state index < -0.39 is 23.6 Å². The Balaban J connectivity index is 1.17. The molecule has 2 heterocycles. The van der Waals surface area contributed by atoms with Gasteiger partial charge < -0.3 is 19.5 Å². The van der Waals surface area contributed by atoms with E-state index in [1.54, 1.807) is 42.5 Å². The minimum atomic E-state index is -4.38. The number of anilines is 1. The maximum absolute atomic E-state index is 13.1. The average molecular weight is 574 g/mol. The van der Waals surface area contributed by atoms with Crippen LogP contribution >= 0.6 is 11.6 Å². The number of benzene rings is 3. The quantitative estimate of drug-likeness (QED) is 0.293. The summed E-state index contributed by atoms with van der Waals surface area (Å²) in [5, 5.41) is 9.71. The Kier molecular flexibility index (Phi) is 7.94. The van der Waals surface area contributed by atoms with Crippen LogP contribution < -0.4 is 14.4 Å². The highest BCUT2D eigenvalue weighted by molar-refractivity contribution is 6.32. The van der Waals surface area contributed by atoms with Crippen LogP contribution in [0.25, 0.3) is 0 Å². The molecule has 40 heavy (non-hydrogen) atoms. The van der Waals surface area contributed by atoms with E-state index in [0.717, 1.165) is 6.07 Å². The third-order valence-corrected chi connectivity index (χ3v) is 7.73. The molecule has 0 spiro atoms. The van der Waals surface area contributed by atoms with Gasteiger partial charge in [0.25, 0.3) is 0 Å². The van der Waals surface area contributed by atoms with Crippen LogP contribution in [0.15, 0.2) is 60.7 Å². The zero-order chi connectivity index (χ0) is 28.4. The van der Waals surface area contributed by atoms with Gasteiger partial charge in [-0.2, -0.15) is 13.2 Å². The topological polar surface area (TPSA) is 76.1 Å². The molecule has 3 aromatic rings. The van der Waals surface area contributed by atoms with E-state index in [4.69, 9.17) is 21.1 Å². The summed E-state index contributed by atoms with van der Waals surface area (Å²) in [6.45, 7) is 1.46. The molecule has 1 atom stereocenters. The lowest BCUT2D eigenvalue weighted by Crippen LogP contribution is -2.34. The van der Waals surface area contributed by atoms with Crippen LogP contribution in [0.2, 0.25) is 5.02 Å². The van der Waals surface area contributed by atoms with E-state index in [1.165, 1.54) is 12.1 Å². The lowest BCUT2D eigenvalue weighted by atomic mass is 9.89. The predicted octanol–water partition coefficient (Wildman–Crippen LogP) is 7.59. The SMILES string of the molecule is O=C(CC1CCN(c2cccc(C(F)(F)F)c2)CC1)c1ccc(Oc2cc3c(cc2Cl)C(C(=O)O)CCO3)cc1. The van der Waals surface area contributed by atoms with Gasteiger partial charge in [0, 0.05) is 42.4 Å². The van der Waals surface area contributed by atoms with Crippen molar-refractivity contribution in [1.29, 1.82) is 0 Å². The number of piperidine rings is 1. The molecule has 0 aromatic heterocycles. The number of rotatable bonds is 7. The van der Waals surface area contributed by atoms with Crippen LogP contribution in [0.1, 0.15) is 53.1 Å². The van der Waals surface area contributed by atoms with E-state index in [0.29, 0.717) is 72.8 Å². The number of halogens is 4. The number of ketones is 1. The summed E-state index contributed by atoms with van der Waals surface area (Å²) in [5.41, 5.74) is 0.931. The maximum Gasteiger partial charge on any atom is 0.416 e. The lowest BCUT2D eigenvalue weighted by molar-refractivity contribution is -0.139. The summed E-state index contributed by atoms with van der Waals surface area (Å²) in [7, 11) is 0. The Hall–Kier alpha value is -3.72. The summed E-state index contributed by atoms with van der Waals surface area (Å²) in [5.74, 6) is -0.289. The largest absolute Gasteiger partial charge is 0.493 e. The molecule has 5 rings (SSSR count). The van der Waals surface area contributed by atoms with Gasteiger partial charge in [-0.25, -0.2) is 0 Å². The van der Waals surface area contributed by atoms with Crippen LogP contribution in [0.3, 0.4) is 0 Å². The number of nitrogens with zero attached hydrogens (tertiary/aromatic N) is 1. The molecule has 0 aliphatic carbocycles. The van der Waals surface area contributed by atoms with Gasteiger partial charge in [-0.05, 0) is 73.7 Å². The summed E-state index contributed by atoms with van der Waals surface area (Å²) in [4.78, 5) is 26.4. The fourth-order valence-electron chi connectivity index (χ4n) is 5.21. The Morgan fingerprint density at radius 1 is 1.02 bits per heavy atom. The molecule has 2 aliphatic rings. The molecule has 3 aromatic carbocycles. The second-order valence-electron chi connectivity index (χ2n) is 10.1. The van der Waals surface area contributed by atoms with Gasteiger partial charge in [-0.3, -0.25) is 9.59 Å². The van der Waals surface area contributed by atoms with Crippen LogP contribution in [-0.2, 0) is 11.0 Å². The Bertz CT molecular complexity index is 1400. The molecule has 2 aliphatic heterocycles. The van der Waals surface area contributed by atoms with Crippen LogP contribution in [0.4, 0.5) is 18.9 Å². The van der Waals surface area contributed by atoms with Crippen LogP contribution in [0, 0.1) is 5.92 Å². The Morgan fingerprint density at radius 2 is 1.75 bits per heavy atom. The zero-order valence-corrected chi connectivity index (χ0v) is 22.2. The summed E-state index contributed by atoms with van der Waals surface area (Å²) in [6, 6.07) is 15.2. The molecule has 0 amide bonds. The van der Waals surface area contributed by atoms with Gasteiger partial charge in [-0.1, -0.05) is 17.7 Å². The molecule has 1 fully saturated rings. The smallest absolute Gasteiger partial charge is 0.416 e. The Labute approximate surface area is 234 Å². The molecule has 0 radical (unpaired) electrons. The number of aliphatic carboxylic acids is 1. The molecule has 1 unspecified atom stereocenters. The first-order chi connectivity index (χ1) is 19.1. The van der Waals surface area contributed by atoms with Gasteiger partial charge in [0.05, 0.1) is 23.1 Å². The number of hydrogen-bond acceptors (Lipinski definition) is 5. The second kappa shape index (κ2) is 11.4. The fraction of sp³-hybridized carbons (Fsp3) is 0.333. The number of alkyl halides is 3. The minimum absolute atomic E-state index is 0.0102. The van der Waals surface area contributed by atoms with Crippen LogP contribution in [-0.4, -0.2) is 36.6 Å². The van der Waals surface area contributed by atoms with E-state index in [1.807, 2.05) is 4.90 Å². The fourth-order valence-corrected chi connectivity index (χ4v) is 5.43. The minimum Gasteiger partial charge on any atom is -0.493 e. The second-order valence-corrected chi connectivity index (χ2v) is 10.5. The van der Waals surface area contributed by atoms with Crippen molar-refractivity contribution >= 4 is 29.0 Å². The molecular formula is C30H27ClF3NO5. The highest BCUT2D eigenvalue weighted by Gasteiger charge is 2.32. The van der Waals surface area contributed by atoms with Gasteiger partial charge in [0.2, 0.25) is 0 Å². The maximum atomic E-state index is 13.1. The van der Waals surface area contributed by atoms with Crippen molar-refractivity contribution in [2.45, 2.75) is 37.8 Å². The number of carbonyl (C=O) groups excluding carboxylic acids is 1. The zero-order valence-electron chi connectivity index (χ0n) is 21.4. The monoisotopic (exact) mass is 573 g/mol. The number of carboxylic acid groups (broad SMARTS) is 1. The molecule has 1 saturated heterocycles. The van der Waals surface area contributed by atoms with Crippen molar-refractivity contribution in [3.8, 4) is 17.2 Å². The van der Waals surface area contributed by atoms with Crippen LogP contribution in [0.5, 0.6) is 17.2 Å². The Morgan fingerprint density at radius 3 is 2.42 bits per heavy atom. The van der Waals surface area contributed by atoms with Gasteiger partial charge >= 0.3 is 12.1 Å². The van der Waals surface area contributed by atoms with Crippen molar-refractivity contribution in [3.63, 3.8) is 0 Å². The third-order valence-electron chi connectivity index (χ3n) is 7.43. The van der Waals surface area contributed by atoms with E-state index in [9.17, 15) is 27.9 Å². The molecule has 10 heteroatoms. The molecule has 0 bridgehead atoms. The third kappa shape index (κ3) is 6.20. The van der Waals surface area contributed by atoms with Crippen molar-refractivity contribution in [1.82, 2.24) is 0 Å². The van der Waals surface area contributed by atoms with E-state index in [2.05, 4.69) is 0 Å². The number of fused-ring (bicyclic) bond motifs is 1. The number of hydrogen-bond donors (Lipinski definition) is 1. The average Bonchev–Trinajstić information content (AvgIpc) is 2.93. The van der Waals surface area contributed by atoms with Crippen molar-refractivity contribution in [3.05, 3.63) is 82.4 Å². The lowest BCUT2D eigenvalue weighted by Gasteiger charge is -2.33. The van der Waals surface area contributed by atoms with Gasteiger partial charge in [0.1, 0.15) is 17.2 Å². The summed E-state index contributed by atoms with van der Waals surface area (Å²) >= 11 is 6.37. The molecule has 6 nitrogen and oxygen atoms in total.